The second-order valence-electron chi connectivity index (χ2n) is 4.35. The lowest BCUT2D eigenvalue weighted by molar-refractivity contribution is -0.0250. The van der Waals surface area contributed by atoms with E-state index in [0.717, 1.165) is 17.9 Å². The summed E-state index contributed by atoms with van der Waals surface area (Å²) in [5.74, 6) is 0. The van der Waals surface area contributed by atoms with Gasteiger partial charge in [-0.2, -0.15) is 5.10 Å². The smallest absolute Gasteiger partial charge is 0.0892 e. The fraction of sp³-hybridized carbons (Fsp3) is 0.727. The Balaban J connectivity index is 2.64. The van der Waals surface area contributed by atoms with Crippen molar-refractivity contribution in [2.75, 3.05) is 6.54 Å². The summed E-state index contributed by atoms with van der Waals surface area (Å²) in [4.78, 5) is 0. The van der Waals surface area contributed by atoms with Gasteiger partial charge < -0.3 is 10.5 Å². The highest BCUT2D eigenvalue weighted by molar-refractivity contribution is 5.07. The van der Waals surface area contributed by atoms with Crippen molar-refractivity contribution < 1.29 is 4.74 Å². The van der Waals surface area contributed by atoms with Crippen LogP contribution in [-0.2, 0) is 17.9 Å². The Morgan fingerprint density at radius 1 is 1.53 bits per heavy atom. The maximum atomic E-state index is 5.73. The number of hydrogen-bond donors (Lipinski definition) is 1. The Bertz CT molecular complexity index is 318. The fourth-order valence-electron chi connectivity index (χ4n) is 1.32. The molecule has 4 nitrogen and oxygen atoms in total. The van der Waals surface area contributed by atoms with Crippen LogP contribution < -0.4 is 5.73 Å². The molecule has 4 heteroatoms. The lowest BCUT2D eigenvalue weighted by Crippen LogP contribution is -2.34. The molecule has 0 saturated heterocycles. The van der Waals surface area contributed by atoms with Crippen molar-refractivity contribution in [3.8, 4) is 0 Å². The first-order valence-electron chi connectivity index (χ1n) is 5.36. The van der Waals surface area contributed by atoms with Gasteiger partial charge in [-0.25, -0.2) is 0 Å². The first-order valence-corrected chi connectivity index (χ1v) is 5.36. The molecule has 86 valence electrons. The SMILES string of the molecule is CCn1nc(C)cc1COC(C)(C)CN. The first kappa shape index (κ1) is 12.2. The highest BCUT2D eigenvalue weighted by Crippen LogP contribution is 2.12. The lowest BCUT2D eigenvalue weighted by atomic mass is 10.1. The number of aromatic nitrogens is 2. The quantitative estimate of drug-likeness (QED) is 0.802. The zero-order chi connectivity index (χ0) is 11.5. The van der Waals surface area contributed by atoms with Gasteiger partial charge in [-0.15, -0.1) is 0 Å². The van der Waals surface area contributed by atoms with E-state index in [9.17, 15) is 0 Å². The van der Waals surface area contributed by atoms with Crippen LogP contribution in [0.2, 0.25) is 0 Å². The van der Waals surface area contributed by atoms with E-state index in [1.807, 2.05) is 25.5 Å². The van der Waals surface area contributed by atoms with Gasteiger partial charge in [0.05, 0.1) is 23.6 Å². The summed E-state index contributed by atoms with van der Waals surface area (Å²) in [6.45, 7) is 10.0. The molecule has 15 heavy (non-hydrogen) atoms. The Morgan fingerprint density at radius 2 is 2.20 bits per heavy atom. The minimum absolute atomic E-state index is 0.267. The molecule has 0 amide bonds. The van der Waals surface area contributed by atoms with Crippen LogP contribution >= 0.6 is 0 Å². The Labute approximate surface area is 91.4 Å². The largest absolute Gasteiger partial charge is 0.368 e. The molecule has 1 aromatic rings. The van der Waals surface area contributed by atoms with Crippen LogP contribution in [0.15, 0.2) is 6.07 Å². The molecule has 0 aliphatic heterocycles. The van der Waals surface area contributed by atoms with Crippen LogP contribution in [0.3, 0.4) is 0 Å². The van der Waals surface area contributed by atoms with Crippen molar-refractivity contribution in [1.82, 2.24) is 9.78 Å². The van der Waals surface area contributed by atoms with Crippen molar-refractivity contribution in [2.45, 2.75) is 46.4 Å². The summed E-state index contributed by atoms with van der Waals surface area (Å²) >= 11 is 0. The van der Waals surface area contributed by atoms with Gasteiger partial charge in [0.15, 0.2) is 0 Å². The lowest BCUT2D eigenvalue weighted by Gasteiger charge is -2.23. The molecule has 0 saturated carbocycles. The van der Waals surface area contributed by atoms with Crippen LogP contribution in [0.25, 0.3) is 0 Å². The van der Waals surface area contributed by atoms with Gasteiger partial charge in [0.2, 0.25) is 0 Å². The predicted octanol–water partition coefficient (Wildman–Crippen LogP) is 1.47. The monoisotopic (exact) mass is 211 g/mol. The van der Waals surface area contributed by atoms with E-state index < -0.39 is 0 Å². The summed E-state index contributed by atoms with van der Waals surface area (Å²) in [5.41, 5.74) is 7.47. The van der Waals surface area contributed by atoms with Crippen molar-refractivity contribution in [1.29, 1.82) is 0 Å². The van der Waals surface area contributed by atoms with E-state index in [4.69, 9.17) is 10.5 Å². The summed E-state index contributed by atoms with van der Waals surface area (Å²) < 4.78 is 7.69. The number of rotatable bonds is 5. The van der Waals surface area contributed by atoms with Crippen molar-refractivity contribution in [3.63, 3.8) is 0 Å². The van der Waals surface area contributed by atoms with E-state index in [1.54, 1.807) is 0 Å². The van der Waals surface area contributed by atoms with Gasteiger partial charge in [-0.1, -0.05) is 0 Å². The molecule has 0 aromatic carbocycles. The normalized spacial score (nSPS) is 12.1. The molecule has 0 fully saturated rings. The molecule has 1 rings (SSSR count). The summed E-state index contributed by atoms with van der Waals surface area (Å²) in [7, 11) is 0. The van der Waals surface area contributed by atoms with Crippen LogP contribution in [0.4, 0.5) is 0 Å². The standard InChI is InChI=1S/C11H21N3O/c1-5-14-10(6-9(2)13-14)7-15-11(3,4)8-12/h6H,5,7-8,12H2,1-4H3. The molecular formula is C11H21N3O. The number of nitrogens with two attached hydrogens (primary N) is 1. The highest BCUT2D eigenvalue weighted by Gasteiger charge is 2.16. The van der Waals surface area contributed by atoms with Crippen LogP contribution in [0.5, 0.6) is 0 Å². The van der Waals surface area contributed by atoms with E-state index in [0.29, 0.717) is 13.2 Å². The number of hydrogen-bond acceptors (Lipinski definition) is 3. The summed E-state index contributed by atoms with van der Waals surface area (Å²) in [6, 6.07) is 2.05. The topological polar surface area (TPSA) is 53.1 Å². The molecular weight excluding hydrogens is 190 g/mol. The average Bonchev–Trinajstić information content (AvgIpc) is 2.56. The van der Waals surface area contributed by atoms with Gasteiger partial charge in [-0.05, 0) is 33.8 Å². The number of ether oxygens (including phenoxy) is 1. The predicted molar refractivity (Wildman–Crippen MR) is 60.6 cm³/mol. The molecule has 0 radical (unpaired) electrons. The van der Waals surface area contributed by atoms with Crippen molar-refractivity contribution in [3.05, 3.63) is 17.5 Å². The molecule has 0 unspecified atom stereocenters. The van der Waals surface area contributed by atoms with Crippen molar-refractivity contribution >= 4 is 0 Å². The number of nitrogens with zero attached hydrogens (tertiary/aromatic N) is 2. The second kappa shape index (κ2) is 4.77. The minimum Gasteiger partial charge on any atom is -0.368 e. The molecule has 2 N–H and O–H groups in total. The Morgan fingerprint density at radius 3 is 2.73 bits per heavy atom. The zero-order valence-electron chi connectivity index (χ0n) is 10.1. The molecule has 0 aliphatic rings. The van der Waals surface area contributed by atoms with Gasteiger partial charge in [0, 0.05) is 13.1 Å². The Hall–Kier alpha value is -0.870. The van der Waals surface area contributed by atoms with Gasteiger partial charge in [-0.3, -0.25) is 4.68 Å². The van der Waals surface area contributed by atoms with Crippen LogP contribution in [-0.4, -0.2) is 21.9 Å². The molecule has 0 atom stereocenters. The van der Waals surface area contributed by atoms with E-state index in [2.05, 4.69) is 18.1 Å². The Kier molecular flexibility index (Phi) is 3.88. The molecule has 0 spiro atoms. The summed E-state index contributed by atoms with van der Waals surface area (Å²) in [5, 5.41) is 4.36. The van der Waals surface area contributed by atoms with Gasteiger partial charge >= 0.3 is 0 Å². The molecule has 1 heterocycles. The van der Waals surface area contributed by atoms with E-state index >= 15 is 0 Å². The third kappa shape index (κ3) is 3.32. The van der Waals surface area contributed by atoms with Gasteiger partial charge in [0.1, 0.15) is 0 Å². The third-order valence-corrected chi connectivity index (χ3v) is 2.39. The highest BCUT2D eigenvalue weighted by atomic mass is 16.5. The maximum absolute atomic E-state index is 5.73. The summed E-state index contributed by atoms with van der Waals surface area (Å²) in [6.07, 6.45) is 0. The van der Waals surface area contributed by atoms with Crippen LogP contribution in [0, 0.1) is 6.92 Å². The van der Waals surface area contributed by atoms with Crippen LogP contribution in [0.1, 0.15) is 32.2 Å². The zero-order valence-corrected chi connectivity index (χ0v) is 10.1. The fourth-order valence-corrected chi connectivity index (χ4v) is 1.32. The second-order valence-corrected chi connectivity index (χ2v) is 4.35. The van der Waals surface area contributed by atoms with E-state index in [1.165, 1.54) is 0 Å². The van der Waals surface area contributed by atoms with Crippen molar-refractivity contribution in [2.24, 2.45) is 5.73 Å². The average molecular weight is 211 g/mol. The maximum Gasteiger partial charge on any atom is 0.0892 e. The van der Waals surface area contributed by atoms with Gasteiger partial charge in [0.25, 0.3) is 0 Å². The minimum atomic E-state index is -0.267. The molecule has 0 aliphatic carbocycles. The first-order chi connectivity index (χ1) is 6.98. The van der Waals surface area contributed by atoms with E-state index in [-0.39, 0.29) is 5.60 Å². The molecule has 1 aromatic heterocycles. The molecule has 0 bridgehead atoms. The number of aryl methyl sites for hydroxylation is 2. The third-order valence-electron chi connectivity index (χ3n) is 2.39.